The van der Waals surface area contributed by atoms with Crippen molar-refractivity contribution in [1.29, 1.82) is 0 Å². The van der Waals surface area contributed by atoms with Gasteiger partial charge in [0.2, 0.25) is 0 Å². The Bertz CT molecular complexity index is 343. The Morgan fingerprint density at radius 2 is 1.70 bits per heavy atom. The molecule has 0 radical (unpaired) electrons. The van der Waals surface area contributed by atoms with Crippen molar-refractivity contribution in [2.24, 2.45) is 11.7 Å². The lowest BCUT2D eigenvalue weighted by Crippen LogP contribution is -2.44. The van der Waals surface area contributed by atoms with Crippen molar-refractivity contribution in [3.63, 3.8) is 0 Å². The highest BCUT2D eigenvalue weighted by Crippen LogP contribution is 2.24. The van der Waals surface area contributed by atoms with E-state index in [4.69, 9.17) is 19.9 Å². The van der Waals surface area contributed by atoms with E-state index in [0.29, 0.717) is 19.1 Å². The molecule has 0 saturated carbocycles. The molecule has 1 saturated heterocycles. The number of ether oxygens (including phenoxy) is 3. The summed E-state index contributed by atoms with van der Waals surface area (Å²) in [6.45, 7) is 12.2. The van der Waals surface area contributed by atoms with Crippen LogP contribution in [0.25, 0.3) is 0 Å². The van der Waals surface area contributed by atoms with Crippen LogP contribution in [-0.2, 0) is 14.2 Å². The number of likely N-dealkylation sites (tertiary alicyclic amines) is 1. The summed E-state index contributed by atoms with van der Waals surface area (Å²) < 4.78 is 16.6. The molecule has 0 aromatic carbocycles. The lowest BCUT2D eigenvalue weighted by atomic mass is 9.90. The number of rotatable bonds is 7. The van der Waals surface area contributed by atoms with Gasteiger partial charge in [-0.2, -0.15) is 0 Å². The SMILES string of the molecule is CCOC(OCC)C(N)CC1CCN(C(=O)OC(C)(C)C)CC1. The fourth-order valence-electron chi connectivity index (χ4n) is 2.80. The van der Waals surface area contributed by atoms with Crippen molar-refractivity contribution < 1.29 is 19.0 Å². The number of piperidine rings is 1. The molecule has 0 aromatic rings. The van der Waals surface area contributed by atoms with E-state index in [1.807, 2.05) is 34.6 Å². The van der Waals surface area contributed by atoms with E-state index >= 15 is 0 Å². The Labute approximate surface area is 140 Å². The normalized spacial score (nSPS) is 18.3. The summed E-state index contributed by atoms with van der Waals surface area (Å²) in [6.07, 6.45) is 2.18. The number of amides is 1. The first kappa shape index (κ1) is 20.2. The van der Waals surface area contributed by atoms with E-state index in [0.717, 1.165) is 32.4 Å². The molecule has 1 aliphatic rings. The topological polar surface area (TPSA) is 74.0 Å². The van der Waals surface area contributed by atoms with Gasteiger partial charge >= 0.3 is 6.09 Å². The quantitative estimate of drug-likeness (QED) is 0.727. The van der Waals surface area contributed by atoms with Crippen LogP contribution in [0.4, 0.5) is 4.79 Å². The molecule has 0 aromatic heterocycles. The van der Waals surface area contributed by atoms with Gasteiger partial charge in [-0.1, -0.05) is 0 Å². The van der Waals surface area contributed by atoms with E-state index in [1.165, 1.54) is 0 Å². The number of hydrogen-bond acceptors (Lipinski definition) is 5. The summed E-state index contributed by atoms with van der Waals surface area (Å²) in [5.41, 5.74) is 5.80. The second kappa shape index (κ2) is 9.45. The predicted octanol–water partition coefficient (Wildman–Crippen LogP) is 2.75. The number of hydrogen-bond donors (Lipinski definition) is 1. The third-order valence-electron chi connectivity index (χ3n) is 3.88. The minimum Gasteiger partial charge on any atom is -0.444 e. The maximum Gasteiger partial charge on any atom is 0.410 e. The van der Waals surface area contributed by atoms with Crippen LogP contribution in [0.5, 0.6) is 0 Å². The zero-order valence-corrected chi connectivity index (χ0v) is 15.3. The Morgan fingerprint density at radius 3 is 2.13 bits per heavy atom. The van der Waals surface area contributed by atoms with Crippen LogP contribution in [-0.4, -0.2) is 55.2 Å². The molecule has 6 heteroatoms. The third kappa shape index (κ3) is 7.50. The minimum atomic E-state index is -0.446. The fourth-order valence-corrected chi connectivity index (χ4v) is 2.80. The van der Waals surface area contributed by atoms with Gasteiger partial charge < -0.3 is 24.8 Å². The van der Waals surface area contributed by atoms with Gasteiger partial charge in [-0.3, -0.25) is 0 Å². The number of nitrogens with two attached hydrogens (primary N) is 1. The maximum atomic E-state index is 12.1. The van der Waals surface area contributed by atoms with Gasteiger partial charge in [-0.15, -0.1) is 0 Å². The molecule has 6 nitrogen and oxygen atoms in total. The molecule has 1 atom stereocenters. The predicted molar refractivity (Wildman–Crippen MR) is 90.2 cm³/mol. The van der Waals surface area contributed by atoms with Crippen molar-refractivity contribution in [2.75, 3.05) is 26.3 Å². The number of carbonyl (C=O) groups excluding carboxylic acids is 1. The van der Waals surface area contributed by atoms with E-state index in [1.54, 1.807) is 4.90 Å². The first-order valence-electron chi connectivity index (χ1n) is 8.73. The van der Waals surface area contributed by atoms with E-state index in [2.05, 4.69) is 0 Å². The smallest absolute Gasteiger partial charge is 0.410 e. The first-order valence-corrected chi connectivity index (χ1v) is 8.73. The molecule has 136 valence electrons. The monoisotopic (exact) mass is 330 g/mol. The molecule has 1 unspecified atom stereocenters. The molecule has 1 rings (SSSR count). The van der Waals surface area contributed by atoms with E-state index in [9.17, 15) is 4.79 Å². The Morgan fingerprint density at radius 1 is 1.17 bits per heavy atom. The molecule has 23 heavy (non-hydrogen) atoms. The van der Waals surface area contributed by atoms with Gasteiger partial charge in [0.15, 0.2) is 6.29 Å². The van der Waals surface area contributed by atoms with Crippen LogP contribution in [0.15, 0.2) is 0 Å². The van der Waals surface area contributed by atoms with Gasteiger partial charge in [0, 0.05) is 26.3 Å². The molecule has 0 spiro atoms. The summed E-state index contributed by atoms with van der Waals surface area (Å²) in [7, 11) is 0. The average molecular weight is 330 g/mol. The number of carbonyl (C=O) groups is 1. The second-order valence-corrected chi connectivity index (χ2v) is 7.09. The molecule has 1 amide bonds. The maximum absolute atomic E-state index is 12.1. The third-order valence-corrected chi connectivity index (χ3v) is 3.88. The van der Waals surface area contributed by atoms with Crippen molar-refractivity contribution in [2.45, 2.75) is 71.8 Å². The molecule has 2 N–H and O–H groups in total. The lowest BCUT2D eigenvalue weighted by Gasteiger charge is -2.35. The van der Waals surface area contributed by atoms with E-state index < -0.39 is 5.60 Å². The fraction of sp³-hybridized carbons (Fsp3) is 0.941. The molecule has 0 aliphatic carbocycles. The van der Waals surface area contributed by atoms with Gasteiger partial charge in [-0.05, 0) is 59.8 Å². The van der Waals surface area contributed by atoms with Crippen LogP contribution in [0, 0.1) is 5.92 Å². The summed E-state index contributed by atoms with van der Waals surface area (Å²) in [5.74, 6) is 0.493. The van der Waals surface area contributed by atoms with Crippen LogP contribution in [0.2, 0.25) is 0 Å². The molecule has 1 heterocycles. The molecular weight excluding hydrogens is 296 g/mol. The van der Waals surface area contributed by atoms with Crippen molar-refractivity contribution >= 4 is 6.09 Å². The minimum absolute atomic E-state index is 0.132. The number of nitrogens with zero attached hydrogens (tertiary/aromatic N) is 1. The zero-order chi connectivity index (χ0) is 17.5. The van der Waals surface area contributed by atoms with Crippen molar-refractivity contribution in [3.05, 3.63) is 0 Å². The average Bonchev–Trinajstić information content (AvgIpc) is 2.46. The standard InChI is InChI=1S/C17H34N2O4/c1-6-21-15(22-7-2)14(18)12-13-8-10-19(11-9-13)16(20)23-17(3,4)5/h13-15H,6-12,18H2,1-5H3. The van der Waals surface area contributed by atoms with Crippen molar-refractivity contribution in [3.8, 4) is 0 Å². The first-order chi connectivity index (χ1) is 10.8. The van der Waals surface area contributed by atoms with Crippen LogP contribution in [0.3, 0.4) is 0 Å². The van der Waals surface area contributed by atoms with Crippen LogP contribution >= 0.6 is 0 Å². The largest absolute Gasteiger partial charge is 0.444 e. The summed E-state index contributed by atoms with van der Waals surface area (Å²) >= 11 is 0. The van der Waals surface area contributed by atoms with Crippen LogP contribution < -0.4 is 5.73 Å². The second-order valence-electron chi connectivity index (χ2n) is 7.09. The Balaban J connectivity index is 2.39. The Kier molecular flexibility index (Phi) is 8.29. The zero-order valence-electron chi connectivity index (χ0n) is 15.3. The highest BCUT2D eigenvalue weighted by molar-refractivity contribution is 5.68. The lowest BCUT2D eigenvalue weighted by molar-refractivity contribution is -0.151. The van der Waals surface area contributed by atoms with E-state index in [-0.39, 0.29) is 18.4 Å². The molecular formula is C17H34N2O4. The highest BCUT2D eigenvalue weighted by Gasteiger charge is 2.29. The summed E-state index contributed by atoms with van der Waals surface area (Å²) in [5, 5.41) is 0. The van der Waals surface area contributed by atoms with Gasteiger partial charge in [0.1, 0.15) is 5.60 Å². The van der Waals surface area contributed by atoms with Gasteiger partial charge in [0.25, 0.3) is 0 Å². The van der Waals surface area contributed by atoms with Crippen molar-refractivity contribution in [1.82, 2.24) is 4.90 Å². The highest BCUT2D eigenvalue weighted by atomic mass is 16.7. The van der Waals surface area contributed by atoms with Gasteiger partial charge in [0.05, 0.1) is 6.04 Å². The molecule has 1 fully saturated rings. The summed E-state index contributed by atoms with van der Waals surface area (Å²) in [4.78, 5) is 13.8. The van der Waals surface area contributed by atoms with Gasteiger partial charge in [-0.25, -0.2) is 4.79 Å². The summed E-state index contributed by atoms with van der Waals surface area (Å²) in [6, 6.07) is -0.132. The molecule has 0 bridgehead atoms. The Hall–Kier alpha value is -0.850. The molecule has 1 aliphatic heterocycles. The van der Waals surface area contributed by atoms with Crippen LogP contribution in [0.1, 0.15) is 53.9 Å².